The van der Waals surface area contributed by atoms with Gasteiger partial charge in [-0.3, -0.25) is 0 Å². The maximum atomic E-state index is 6.44. The number of hydrogen-bond donors (Lipinski definition) is 0. The smallest absolute Gasteiger partial charge is 0.136 e. The highest BCUT2D eigenvalue weighted by molar-refractivity contribution is 6.19. The molecule has 1 heterocycles. The largest absolute Gasteiger partial charge is 0.456 e. The minimum Gasteiger partial charge on any atom is -0.456 e. The molecule has 0 amide bonds. The van der Waals surface area contributed by atoms with Gasteiger partial charge in [0.05, 0.1) is 0 Å². The lowest BCUT2D eigenvalue weighted by molar-refractivity contribution is 0.660. The first kappa shape index (κ1) is 31.2. The van der Waals surface area contributed by atoms with Gasteiger partial charge in [0.15, 0.2) is 0 Å². The van der Waals surface area contributed by atoms with Crippen LogP contribution in [0.5, 0.6) is 0 Å². The maximum Gasteiger partial charge on any atom is 0.136 e. The molecule has 0 unspecified atom stereocenters. The van der Waals surface area contributed by atoms with Crippen molar-refractivity contribution in [2.75, 3.05) is 4.90 Å². The number of anilines is 3. The van der Waals surface area contributed by atoms with E-state index in [2.05, 4.69) is 196 Å². The Morgan fingerprint density at radius 3 is 1.78 bits per heavy atom. The van der Waals surface area contributed by atoms with Gasteiger partial charge in [0.25, 0.3) is 0 Å². The monoisotopic (exact) mass is 693 g/mol. The topological polar surface area (TPSA) is 16.4 Å². The highest BCUT2D eigenvalue weighted by Gasteiger charge is 2.37. The van der Waals surface area contributed by atoms with Gasteiger partial charge in [-0.2, -0.15) is 0 Å². The Kier molecular flexibility index (Phi) is 6.39. The van der Waals surface area contributed by atoms with E-state index in [4.69, 9.17) is 4.42 Å². The Balaban J connectivity index is 1.04. The Hall–Kier alpha value is -6.38. The second-order valence-electron chi connectivity index (χ2n) is 16.2. The van der Waals surface area contributed by atoms with Crippen LogP contribution in [0.15, 0.2) is 168 Å². The van der Waals surface area contributed by atoms with Gasteiger partial charge in [0, 0.05) is 38.7 Å². The SMILES string of the molecule is CC1(C)c2ccccc2-c2cc(N(c3ccc(-c4ccc5c(c4)oc4ccc6ccccc6c45)cc3)c3ccc4c(c3)C(C)(C)c3ccccc3-4)ccc21. The summed E-state index contributed by atoms with van der Waals surface area (Å²) in [6.45, 7) is 9.41. The van der Waals surface area contributed by atoms with Crippen LogP contribution in [0.25, 0.3) is 66.1 Å². The van der Waals surface area contributed by atoms with Crippen molar-refractivity contribution in [3.05, 3.63) is 186 Å². The Morgan fingerprint density at radius 1 is 0.389 bits per heavy atom. The van der Waals surface area contributed by atoms with E-state index < -0.39 is 0 Å². The molecular weight excluding hydrogens is 655 g/mol. The normalized spacial score (nSPS) is 14.6. The van der Waals surface area contributed by atoms with Gasteiger partial charge < -0.3 is 9.32 Å². The minimum atomic E-state index is -0.0973. The quantitative estimate of drug-likeness (QED) is 0.182. The Bertz CT molecular complexity index is 3000. The van der Waals surface area contributed by atoms with Crippen LogP contribution in [0.2, 0.25) is 0 Å². The molecule has 0 N–H and O–H groups in total. The molecule has 0 radical (unpaired) electrons. The third-order valence-electron chi connectivity index (χ3n) is 12.5. The van der Waals surface area contributed by atoms with Crippen molar-refractivity contribution in [2.24, 2.45) is 0 Å². The zero-order valence-corrected chi connectivity index (χ0v) is 30.9. The lowest BCUT2D eigenvalue weighted by atomic mass is 9.82. The first-order chi connectivity index (χ1) is 26.3. The molecule has 1 aromatic heterocycles. The first-order valence-corrected chi connectivity index (χ1v) is 19.0. The van der Waals surface area contributed by atoms with Crippen LogP contribution in [-0.4, -0.2) is 0 Å². The molecule has 0 fully saturated rings. The summed E-state index contributed by atoms with van der Waals surface area (Å²) in [5.41, 5.74) is 18.2. The van der Waals surface area contributed by atoms with E-state index in [1.54, 1.807) is 0 Å². The van der Waals surface area contributed by atoms with Crippen LogP contribution in [0, 0.1) is 0 Å². The average molecular weight is 694 g/mol. The molecule has 8 aromatic carbocycles. The van der Waals surface area contributed by atoms with Crippen LogP contribution >= 0.6 is 0 Å². The Morgan fingerprint density at radius 2 is 0.981 bits per heavy atom. The van der Waals surface area contributed by atoms with E-state index in [1.807, 2.05) is 0 Å². The molecule has 2 aliphatic carbocycles. The van der Waals surface area contributed by atoms with Gasteiger partial charge in [0.2, 0.25) is 0 Å². The molecule has 2 aliphatic rings. The molecule has 258 valence electrons. The van der Waals surface area contributed by atoms with Gasteiger partial charge in [-0.15, -0.1) is 0 Å². The summed E-state index contributed by atoms with van der Waals surface area (Å²) in [5.74, 6) is 0. The lowest BCUT2D eigenvalue weighted by Gasteiger charge is -2.29. The molecule has 2 nitrogen and oxygen atoms in total. The third-order valence-corrected chi connectivity index (χ3v) is 12.5. The van der Waals surface area contributed by atoms with Crippen LogP contribution < -0.4 is 4.90 Å². The number of furan rings is 1. The highest BCUT2D eigenvalue weighted by Crippen LogP contribution is 2.53. The van der Waals surface area contributed by atoms with E-state index in [9.17, 15) is 0 Å². The summed E-state index contributed by atoms with van der Waals surface area (Å²) in [5, 5.41) is 4.78. The van der Waals surface area contributed by atoms with E-state index in [0.717, 1.165) is 44.7 Å². The summed E-state index contributed by atoms with van der Waals surface area (Å²) in [6, 6.07) is 60.4. The fraction of sp³-hybridized carbons (Fsp3) is 0.115. The van der Waals surface area contributed by atoms with Crippen LogP contribution in [0.3, 0.4) is 0 Å². The number of benzene rings is 8. The van der Waals surface area contributed by atoms with Crippen molar-refractivity contribution in [1.82, 2.24) is 0 Å². The highest BCUT2D eigenvalue weighted by atomic mass is 16.3. The second kappa shape index (κ2) is 11.1. The van der Waals surface area contributed by atoms with E-state index in [-0.39, 0.29) is 10.8 Å². The number of nitrogens with zero attached hydrogens (tertiary/aromatic N) is 1. The van der Waals surface area contributed by atoms with Crippen LogP contribution in [-0.2, 0) is 10.8 Å². The van der Waals surface area contributed by atoms with Gasteiger partial charge >= 0.3 is 0 Å². The molecule has 0 saturated carbocycles. The van der Waals surface area contributed by atoms with Gasteiger partial charge in [0.1, 0.15) is 11.2 Å². The molecule has 54 heavy (non-hydrogen) atoms. The summed E-state index contributed by atoms with van der Waals surface area (Å²) in [7, 11) is 0. The van der Waals surface area contributed by atoms with Crippen molar-refractivity contribution >= 4 is 49.8 Å². The molecule has 0 bridgehead atoms. The summed E-state index contributed by atoms with van der Waals surface area (Å²) < 4.78 is 6.44. The zero-order chi connectivity index (χ0) is 36.3. The fourth-order valence-corrected chi connectivity index (χ4v) is 9.65. The second-order valence-corrected chi connectivity index (χ2v) is 16.2. The van der Waals surface area contributed by atoms with Crippen LogP contribution in [0.1, 0.15) is 49.9 Å². The minimum absolute atomic E-state index is 0.0473. The van der Waals surface area contributed by atoms with Crippen molar-refractivity contribution < 1.29 is 4.42 Å². The molecule has 0 saturated heterocycles. The summed E-state index contributed by atoms with van der Waals surface area (Å²) >= 11 is 0. The molecule has 0 atom stereocenters. The van der Waals surface area contributed by atoms with Gasteiger partial charge in [-0.1, -0.05) is 137 Å². The van der Waals surface area contributed by atoms with Gasteiger partial charge in [-0.05, 0) is 121 Å². The lowest BCUT2D eigenvalue weighted by Crippen LogP contribution is -2.17. The Labute approximate surface area is 315 Å². The van der Waals surface area contributed by atoms with Crippen LogP contribution in [0.4, 0.5) is 17.1 Å². The van der Waals surface area contributed by atoms with Crippen molar-refractivity contribution in [3.8, 4) is 33.4 Å². The first-order valence-electron chi connectivity index (χ1n) is 19.0. The van der Waals surface area contributed by atoms with E-state index in [0.29, 0.717) is 0 Å². The molecular formula is C52H39NO. The van der Waals surface area contributed by atoms with Crippen molar-refractivity contribution in [2.45, 2.75) is 38.5 Å². The maximum absolute atomic E-state index is 6.44. The van der Waals surface area contributed by atoms with Crippen molar-refractivity contribution in [1.29, 1.82) is 0 Å². The zero-order valence-electron chi connectivity index (χ0n) is 30.9. The average Bonchev–Trinajstić information content (AvgIpc) is 3.78. The summed E-state index contributed by atoms with van der Waals surface area (Å²) in [4.78, 5) is 2.44. The fourth-order valence-electron chi connectivity index (χ4n) is 9.65. The standard InChI is InChI=1S/C52H39NO/c1-51(2)45-16-10-8-14-40(45)43-30-36(24-27-46(43)51)53(37-23-26-41-39-13-7-9-15-44(39)52(3,4)47(41)31-37)35-21-17-32(18-22-35)34-19-25-42-49(29-34)54-48-28-20-33-11-5-6-12-38(33)50(42)48/h5-31H,1-4H3. The van der Waals surface area contributed by atoms with E-state index >= 15 is 0 Å². The van der Waals surface area contributed by atoms with E-state index in [1.165, 1.54) is 60.7 Å². The number of rotatable bonds is 4. The predicted molar refractivity (Wildman–Crippen MR) is 226 cm³/mol. The van der Waals surface area contributed by atoms with Gasteiger partial charge in [-0.25, -0.2) is 0 Å². The van der Waals surface area contributed by atoms with Crippen molar-refractivity contribution in [3.63, 3.8) is 0 Å². The predicted octanol–water partition coefficient (Wildman–Crippen LogP) is 14.5. The molecule has 0 aliphatic heterocycles. The molecule has 2 heteroatoms. The third kappa shape index (κ3) is 4.34. The summed E-state index contributed by atoms with van der Waals surface area (Å²) in [6.07, 6.45) is 0. The molecule has 11 rings (SSSR count). The number of fused-ring (bicyclic) bond motifs is 11. The molecule has 9 aromatic rings. The number of hydrogen-bond acceptors (Lipinski definition) is 2. The molecule has 0 spiro atoms.